The molecular formula is C17H16F3N3O4. The Bertz CT molecular complexity index is 766. The van der Waals surface area contributed by atoms with Crippen molar-refractivity contribution < 1.29 is 32.3 Å². The molecule has 0 unspecified atom stereocenters. The molecule has 7 nitrogen and oxygen atoms in total. The molecule has 0 aliphatic carbocycles. The minimum Gasteiger partial charge on any atom is -0.352 e. The summed E-state index contributed by atoms with van der Waals surface area (Å²) in [4.78, 5) is 49.3. The summed E-state index contributed by atoms with van der Waals surface area (Å²) < 4.78 is 37.3. The van der Waals surface area contributed by atoms with Crippen molar-refractivity contribution in [2.45, 2.75) is 25.1 Å². The number of halogens is 3. The number of amides is 4. The second kappa shape index (κ2) is 7.01. The molecule has 10 heteroatoms. The van der Waals surface area contributed by atoms with E-state index in [0.29, 0.717) is 4.90 Å². The first kappa shape index (κ1) is 18.9. The molecule has 144 valence electrons. The van der Waals surface area contributed by atoms with E-state index in [2.05, 4.69) is 5.32 Å². The van der Waals surface area contributed by atoms with Gasteiger partial charge >= 0.3 is 12.1 Å². The predicted molar refractivity (Wildman–Crippen MR) is 85.6 cm³/mol. The molecule has 0 saturated carbocycles. The highest BCUT2D eigenvalue weighted by Crippen LogP contribution is 2.23. The average Bonchev–Trinajstić information content (AvgIpc) is 2.86. The van der Waals surface area contributed by atoms with E-state index in [0.717, 1.165) is 4.90 Å². The number of likely N-dealkylation sites (tertiary alicyclic amines) is 1. The molecule has 0 aromatic heterocycles. The lowest BCUT2D eigenvalue weighted by Gasteiger charge is -2.32. The summed E-state index contributed by atoms with van der Waals surface area (Å²) >= 11 is 0. The van der Waals surface area contributed by atoms with Gasteiger partial charge in [0.05, 0.1) is 11.1 Å². The van der Waals surface area contributed by atoms with Gasteiger partial charge in [0, 0.05) is 19.1 Å². The molecule has 1 N–H and O–H groups in total. The van der Waals surface area contributed by atoms with Crippen molar-refractivity contribution in [3.63, 3.8) is 0 Å². The van der Waals surface area contributed by atoms with E-state index in [4.69, 9.17) is 0 Å². The Labute approximate surface area is 152 Å². The molecule has 1 saturated heterocycles. The van der Waals surface area contributed by atoms with Crippen molar-refractivity contribution in [1.29, 1.82) is 0 Å². The smallest absolute Gasteiger partial charge is 0.352 e. The molecule has 2 heterocycles. The normalized spacial score (nSPS) is 17.9. The largest absolute Gasteiger partial charge is 0.471 e. The van der Waals surface area contributed by atoms with Gasteiger partial charge in [-0.25, -0.2) is 0 Å². The Balaban J connectivity index is 1.52. The maximum atomic E-state index is 12.4. The Morgan fingerprint density at radius 1 is 1.04 bits per heavy atom. The first-order valence-electron chi connectivity index (χ1n) is 8.29. The number of carbonyl (C=O) groups excluding carboxylic acids is 4. The van der Waals surface area contributed by atoms with Gasteiger partial charge in [-0.3, -0.25) is 24.1 Å². The molecular weight excluding hydrogens is 367 g/mol. The summed E-state index contributed by atoms with van der Waals surface area (Å²) in [6, 6.07) is 5.81. The zero-order valence-corrected chi connectivity index (χ0v) is 14.1. The van der Waals surface area contributed by atoms with E-state index >= 15 is 0 Å². The van der Waals surface area contributed by atoms with Crippen molar-refractivity contribution in [2.75, 3.05) is 19.6 Å². The topological polar surface area (TPSA) is 86.8 Å². The van der Waals surface area contributed by atoms with Crippen LogP contribution in [-0.4, -0.2) is 65.3 Å². The molecule has 0 spiro atoms. The van der Waals surface area contributed by atoms with Crippen LogP contribution in [0.3, 0.4) is 0 Å². The van der Waals surface area contributed by atoms with Crippen LogP contribution in [0.1, 0.15) is 33.6 Å². The van der Waals surface area contributed by atoms with Gasteiger partial charge in [-0.05, 0) is 25.0 Å². The van der Waals surface area contributed by atoms with E-state index in [1.165, 1.54) is 12.1 Å². The summed E-state index contributed by atoms with van der Waals surface area (Å²) in [6.07, 6.45) is -4.59. The summed E-state index contributed by atoms with van der Waals surface area (Å²) in [5.74, 6) is -3.59. The molecule has 3 rings (SSSR count). The SMILES string of the molecule is O=C(CN1C(=O)c2ccccc2C1=O)NC1CCN(C(=O)C(F)(F)F)CC1. The number of fused-ring (bicyclic) bond motifs is 1. The monoisotopic (exact) mass is 383 g/mol. The van der Waals surface area contributed by atoms with E-state index in [1.807, 2.05) is 0 Å². The van der Waals surface area contributed by atoms with Crippen molar-refractivity contribution >= 4 is 23.6 Å². The third-order valence-corrected chi connectivity index (χ3v) is 4.57. The molecule has 2 aliphatic rings. The fourth-order valence-electron chi connectivity index (χ4n) is 3.21. The van der Waals surface area contributed by atoms with Crippen LogP contribution in [0, 0.1) is 0 Å². The van der Waals surface area contributed by atoms with E-state index in [-0.39, 0.29) is 37.1 Å². The number of rotatable bonds is 3. The highest BCUT2D eigenvalue weighted by molar-refractivity contribution is 6.22. The summed E-state index contributed by atoms with van der Waals surface area (Å²) in [5, 5.41) is 2.61. The van der Waals surface area contributed by atoms with Gasteiger partial charge in [0.2, 0.25) is 5.91 Å². The number of nitrogens with one attached hydrogen (secondary N) is 1. The van der Waals surface area contributed by atoms with Crippen LogP contribution in [0.15, 0.2) is 24.3 Å². The standard InChI is InChI=1S/C17H16F3N3O4/c18-17(19,20)16(27)22-7-5-10(6-8-22)21-13(24)9-23-14(25)11-3-1-2-4-12(11)15(23)26/h1-4,10H,5-9H2,(H,21,24). The number of carbonyl (C=O) groups is 4. The number of hydrogen-bond acceptors (Lipinski definition) is 4. The molecule has 27 heavy (non-hydrogen) atoms. The number of piperidine rings is 1. The lowest BCUT2D eigenvalue weighted by atomic mass is 10.0. The van der Waals surface area contributed by atoms with Gasteiger partial charge in [0.25, 0.3) is 11.8 Å². The Kier molecular flexibility index (Phi) is 4.90. The fourth-order valence-corrected chi connectivity index (χ4v) is 3.21. The zero-order chi connectivity index (χ0) is 19.8. The van der Waals surface area contributed by atoms with Crippen LogP contribution in [0.2, 0.25) is 0 Å². The molecule has 0 bridgehead atoms. The van der Waals surface area contributed by atoms with Crippen molar-refractivity contribution in [3.8, 4) is 0 Å². The highest BCUT2D eigenvalue weighted by atomic mass is 19.4. The zero-order valence-electron chi connectivity index (χ0n) is 14.1. The summed E-state index contributed by atoms with van der Waals surface area (Å²) in [5.41, 5.74) is 0.462. The summed E-state index contributed by atoms with van der Waals surface area (Å²) in [7, 11) is 0. The average molecular weight is 383 g/mol. The second-order valence-electron chi connectivity index (χ2n) is 6.37. The number of hydrogen-bond donors (Lipinski definition) is 1. The lowest BCUT2D eigenvalue weighted by Crippen LogP contribution is -2.51. The fraction of sp³-hybridized carbons (Fsp3) is 0.412. The molecule has 0 radical (unpaired) electrons. The predicted octanol–water partition coefficient (Wildman–Crippen LogP) is 0.952. The Morgan fingerprint density at radius 2 is 1.56 bits per heavy atom. The van der Waals surface area contributed by atoms with Crippen LogP contribution in [0.5, 0.6) is 0 Å². The van der Waals surface area contributed by atoms with E-state index in [1.54, 1.807) is 12.1 Å². The van der Waals surface area contributed by atoms with Crippen molar-refractivity contribution in [3.05, 3.63) is 35.4 Å². The maximum Gasteiger partial charge on any atom is 0.471 e. The molecule has 4 amide bonds. The van der Waals surface area contributed by atoms with Crippen LogP contribution in [-0.2, 0) is 9.59 Å². The van der Waals surface area contributed by atoms with Crippen molar-refractivity contribution in [1.82, 2.24) is 15.1 Å². The second-order valence-corrected chi connectivity index (χ2v) is 6.37. The molecule has 1 aromatic rings. The summed E-state index contributed by atoms with van der Waals surface area (Å²) in [6.45, 7) is -0.722. The van der Waals surface area contributed by atoms with Gasteiger partial charge in [-0.1, -0.05) is 12.1 Å². The van der Waals surface area contributed by atoms with E-state index in [9.17, 15) is 32.3 Å². The third kappa shape index (κ3) is 3.79. The Hall–Kier alpha value is -2.91. The van der Waals surface area contributed by atoms with Gasteiger partial charge in [0.15, 0.2) is 0 Å². The first-order valence-corrected chi connectivity index (χ1v) is 8.29. The number of nitrogens with zero attached hydrogens (tertiary/aromatic N) is 2. The molecule has 1 fully saturated rings. The van der Waals surface area contributed by atoms with Crippen LogP contribution < -0.4 is 5.32 Å². The minimum atomic E-state index is -4.92. The first-order chi connectivity index (χ1) is 12.7. The van der Waals surface area contributed by atoms with Crippen LogP contribution in [0.25, 0.3) is 0 Å². The van der Waals surface area contributed by atoms with Crippen molar-refractivity contribution in [2.24, 2.45) is 0 Å². The number of benzene rings is 1. The van der Waals surface area contributed by atoms with Gasteiger partial charge < -0.3 is 10.2 Å². The van der Waals surface area contributed by atoms with Crippen LogP contribution >= 0.6 is 0 Å². The third-order valence-electron chi connectivity index (χ3n) is 4.57. The molecule has 2 aliphatic heterocycles. The lowest BCUT2D eigenvalue weighted by molar-refractivity contribution is -0.186. The maximum absolute atomic E-state index is 12.4. The number of alkyl halides is 3. The highest BCUT2D eigenvalue weighted by Gasteiger charge is 2.43. The quantitative estimate of drug-likeness (QED) is 0.788. The minimum absolute atomic E-state index is 0.129. The number of imide groups is 1. The van der Waals surface area contributed by atoms with Crippen LogP contribution in [0.4, 0.5) is 13.2 Å². The Morgan fingerprint density at radius 3 is 2.04 bits per heavy atom. The van der Waals surface area contributed by atoms with Gasteiger partial charge in [-0.2, -0.15) is 13.2 Å². The van der Waals surface area contributed by atoms with E-state index < -0.39 is 42.4 Å². The van der Waals surface area contributed by atoms with Gasteiger partial charge in [-0.15, -0.1) is 0 Å². The van der Waals surface area contributed by atoms with Gasteiger partial charge in [0.1, 0.15) is 6.54 Å². The molecule has 0 atom stereocenters. The molecule has 1 aromatic carbocycles.